The lowest BCUT2D eigenvalue weighted by atomic mass is 9.82. The number of carbonyl (C=O) groups excluding carboxylic acids is 1. The molecule has 3 N–H and O–H groups in total. The quantitative estimate of drug-likeness (QED) is 0.616. The first-order chi connectivity index (χ1) is 9.00. The number of aliphatic carboxylic acids is 1. The van der Waals surface area contributed by atoms with Crippen LogP contribution in [0.3, 0.4) is 0 Å². The third-order valence-corrected chi connectivity index (χ3v) is 3.97. The smallest absolute Gasteiger partial charge is 0.317 e. The van der Waals surface area contributed by atoms with E-state index in [1.54, 1.807) is 4.90 Å². The van der Waals surface area contributed by atoms with Gasteiger partial charge < -0.3 is 20.4 Å². The number of carboxylic acids is 1. The van der Waals surface area contributed by atoms with Crippen LogP contribution in [0, 0.1) is 5.41 Å². The summed E-state index contributed by atoms with van der Waals surface area (Å²) in [5.41, 5.74) is -0.899. The van der Waals surface area contributed by atoms with Crippen LogP contribution in [-0.2, 0) is 4.79 Å². The van der Waals surface area contributed by atoms with Crippen molar-refractivity contribution in [3.05, 3.63) is 0 Å². The number of aliphatic hydroxyl groups excluding tert-OH is 1. The lowest BCUT2D eigenvalue weighted by molar-refractivity contribution is -0.149. The van der Waals surface area contributed by atoms with E-state index in [4.69, 9.17) is 5.11 Å². The number of hydrogen-bond acceptors (Lipinski definition) is 3. The summed E-state index contributed by atoms with van der Waals surface area (Å²) in [6, 6.07) is -0.0706. The average molecular weight is 272 g/mol. The number of aliphatic hydroxyl groups is 1. The van der Waals surface area contributed by atoms with Crippen molar-refractivity contribution in [3.8, 4) is 0 Å². The van der Waals surface area contributed by atoms with E-state index >= 15 is 0 Å². The van der Waals surface area contributed by atoms with Crippen LogP contribution in [0.25, 0.3) is 0 Å². The molecule has 0 radical (unpaired) electrons. The van der Waals surface area contributed by atoms with E-state index in [-0.39, 0.29) is 25.2 Å². The molecule has 110 valence electrons. The molecule has 0 aromatic carbocycles. The van der Waals surface area contributed by atoms with E-state index < -0.39 is 11.4 Å². The Kier molecular flexibility index (Phi) is 5.60. The van der Waals surface area contributed by atoms with Gasteiger partial charge in [-0.3, -0.25) is 4.79 Å². The van der Waals surface area contributed by atoms with Gasteiger partial charge in [-0.1, -0.05) is 13.8 Å². The summed E-state index contributed by atoms with van der Waals surface area (Å²) in [5.74, 6) is -0.877. The van der Waals surface area contributed by atoms with Gasteiger partial charge in [0.1, 0.15) is 0 Å². The normalized spacial score (nSPS) is 15.1. The first-order valence-electron chi connectivity index (χ1n) is 6.89. The SMILES string of the molecule is CCC(CC)(CNC(=O)N(CCO)C1CC1)C(=O)O. The molecule has 0 spiro atoms. The van der Waals surface area contributed by atoms with Crippen LogP contribution < -0.4 is 5.32 Å². The molecule has 0 saturated heterocycles. The molecule has 0 heterocycles. The molecule has 0 aromatic heterocycles. The van der Waals surface area contributed by atoms with Crippen molar-refractivity contribution in [2.45, 2.75) is 45.6 Å². The minimum atomic E-state index is -0.899. The maximum absolute atomic E-state index is 12.0. The summed E-state index contributed by atoms with van der Waals surface area (Å²) in [6.07, 6.45) is 2.86. The summed E-state index contributed by atoms with van der Waals surface area (Å²) in [6.45, 7) is 3.99. The summed E-state index contributed by atoms with van der Waals surface area (Å²) in [7, 11) is 0. The minimum Gasteiger partial charge on any atom is -0.481 e. The fraction of sp³-hybridized carbons (Fsp3) is 0.846. The highest BCUT2D eigenvalue weighted by atomic mass is 16.4. The number of nitrogens with zero attached hydrogens (tertiary/aromatic N) is 1. The number of hydrogen-bond donors (Lipinski definition) is 3. The Morgan fingerprint density at radius 3 is 2.26 bits per heavy atom. The second kappa shape index (κ2) is 6.75. The van der Waals surface area contributed by atoms with Gasteiger partial charge in [0.2, 0.25) is 0 Å². The van der Waals surface area contributed by atoms with E-state index in [1.807, 2.05) is 13.8 Å². The number of carbonyl (C=O) groups is 2. The second-order valence-electron chi connectivity index (χ2n) is 5.10. The Balaban J connectivity index is 2.57. The van der Waals surface area contributed by atoms with Crippen molar-refractivity contribution in [1.82, 2.24) is 10.2 Å². The van der Waals surface area contributed by atoms with Crippen molar-refractivity contribution in [2.75, 3.05) is 19.7 Å². The number of nitrogens with one attached hydrogen (secondary N) is 1. The molecule has 0 unspecified atom stereocenters. The average Bonchev–Trinajstić information content (AvgIpc) is 3.21. The maximum Gasteiger partial charge on any atom is 0.317 e. The third-order valence-electron chi connectivity index (χ3n) is 3.97. The maximum atomic E-state index is 12.0. The first kappa shape index (κ1) is 15.8. The zero-order valence-electron chi connectivity index (χ0n) is 11.7. The van der Waals surface area contributed by atoms with E-state index in [2.05, 4.69) is 5.32 Å². The van der Waals surface area contributed by atoms with Gasteiger partial charge >= 0.3 is 12.0 Å². The largest absolute Gasteiger partial charge is 0.481 e. The van der Waals surface area contributed by atoms with Gasteiger partial charge in [-0.2, -0.15) is 0 Å². The Morgan fingerprint density at radius 2 is 1.89 bits per heavy atom. The zero-order chi connectivity index (χ0) is 14.5. The molecule has 1 rings (SSSR count). The molecule has 0 atom stereocenters. The topological polar surface area (TPSA) is 89.9 Å². The summed E-state index contributed by atoms with van der Waals surface area (Å²) >= 11 is 0. The van der Waals surface area contributed by atoms with Crippen LogP contribution >= 0.6 is 0 Å². The molecule has 1 aliphatic rings. The second-order valence-corrected chi connectivity index (χ2v) is 5.10. The Labute approximate surface area is 113 Å². The van der Waals surface area contributed by atoms with E-state index in [9.17, 15) is 14.7 Å². The van der Waals surface area contributed by atoms with Crippen molar-refractivity contribution in [1.29, 1.82) is 0 Å². The van der Waals surface area contributed by atoms with Crippen molar-refractivity contribution < 1.29 is 19.8 Å². The molecule has 1 fully saturated rings. The van der Waals surface area contributed by atoms with Crippen molar-refractivity contribution >= 4 is 12.0 Å². The fourth-order valence-corrected chi connectivity index (χ4v) is 2.17. The van der Waals surface area contributed by atoms with Gasteiger partial charge in [-0.25, -0.2) is 4.79 Å². The molecule has 0 aromatic rings. The monoisotopic (exact) mass is 272 g/mol. The van der Waals surface area contributed by atoms with Gasteiger partial charge in [0.25, 0.3) is 0 Å². The van der Waals surface area contributed by atoms with Crippen LogP contribution in [0.5, 0.6) is 0 Å². The van der Waals surface area contributed by atoms with E-state index in [0.717, 1.165) is 12.8 Å². The lowest BCUT2D eigenvalue weighted by Crippen LogP contribution is -2.48. The Morgan fingerprint density at radius 1 is 1.32 bits per heavy atom. The minimum absolute atomic E-state index is 0.0739. The zero-order valence-corrected chi connectivity index (χ0v) is 11.7. The fourth-order valence-electron chi connectivity index (χ4n) is 2.17. The van der Waals surface area contributed by atoms with Gasteiger partial charge in [0.05, 0.1) is 12.0 Å². The van der Waals surface area contributed by atoms with Gasteiger partial charge in [-0.05, 0) is 25.7 Å². The summed E-state index contributed by atoms with van der Waals surface area (Å²) < 4.78 is 0. The highest BCUT2D eigenvalue weighted by Gasteiger charge is 2.37. The lowest BCUT2D eigenvalue weighted by Gasteiger charge is -2.29. The number of rotatable bonds is 8. The molecular weight excluding hydrogens is 248 g/mol. The van der Waals surface area contributed by atoms with Gasteiger partial charge in [-0.15, -0.1) is 0 Å². The van der Waals surface area contributed by atoms with E-state index in [1.165, 1.54) is 0 Å². The van der Waals surface area contributed by atoms with Crippen LogP contribution in [0.15, 0.2) is 0 Å². The highest BCUT2D eigenvalue weighted by Crippen LogP contribution is 2.28. The predicted octanol–water partition coefficient (Wildman–Crippen LogP) is 1.04. The van der Waals surface area contributed by atoms with Crippen LogP contribution in [0.2, 0.25) is 0 Å². The van der Waals surface area contributed by atoms with Gasteiger partial charge in [0.15, 0.2) is 0 Å². The molecule has 0 aliphatic heterocycles. The number of carboxylic acid groups (broad SMARTS) is 1. The van der Waals surface area contributed by atoms with Gasteiger partial charge in [0, 0.05) is 19.1 Å². The van der Waals surface area contributed by atoms with Crippen LogP contribution in [0.4, 0.5) is 4.79 Å². The third kappa shape index (κ3) is 3.83. The first-order valence-corrected chi connectivity index (χ1v) is 6.89. The molecule has 1 saturated carbocycles. The Bertz CT molecular complexity index is 325. The summed E-state index contributed by atoms with van der Waals surface area (Å²) in [4.78, 5) is 25.0. The van der Waals surface area contributed by atoms with Crippen molar-refractivity contribution in [3.63, 3.8) is 0 Å². The van der Waals surface area contributed by atoms with E-state index in [0.29, 0.717) is 19.4 Å². The number of urea groups is 1. The molecular formula is C13H24N2O4. The molecule has 6 heteroatoms. The molecule has 0 bridgehead atoms. The molecule has 2 amide bonds. The summed E-state index contributed by atoms with van der Waals surface area (Å²) in [5, 5.41) is 21.0. The predicted molar refractivity (Wildman–Crippen MR) is 70.9 cm³/mol. The highest BCUT2D eigenvalue weighted by molar-refractivity contribution is 5.78. The molecule has 19 heavy (non-hydrogen) atoms. The Hall–Kier alpha value is -1.30. The van der Waals surface area contributed by atoms with Crippen LogP contribution in [0.1, 0.15) is 39.5 Å². The van der Waals surface area contributed by atoms with Crippen molar-refractivity contribution in [2.24, 2.45) is 5.41 Å². The standard InChI is InChI=1S/C13H24N2O4/c1-3-13(4-2,11(17)18)9-14-12(19)15(7-8-16)10-5-6-10/h10,16H,3-9H2,1-2H3,(H,14,19)(H,17,18). The molecule has 1 aliphatic carbocycles. The van der Waals surface area contributed by atoms with Crippen LogP contribution in [-0.4, -0.2) is 52.9 Å². The molecule has 6 nitrogen and oxygen atoms in total. The number of amides is 2.